The molecule has 2 heteroatoms. The molecule has 0 amide bonds. The Kier molecular flexibility index (Phi) is 12.6. The van der Waals surface area contributed by atoms with Crippen molar-refractivity contribution in [1.82, 2.24) is 0 Å². The Morgan fingerprint density at radius 2 is 0.308 bits per heavy atom. The van der Waals surface area contributed by atoms with E-state index in [1.54, 1.807) is 0 Å². The molecule has 0 fully saturated rings. The third-order valence-corrected chi connectivity index (χ3v) is 15.6. The van der Waals surface area contributed by atoms with Gasteiger partial charge in [0.1, 0.15) is 11.2 Å². The second kappa shape index (κ2) is 20.4. The van der Waals surface area contributed by atoms with Gasteiger partial charge >= 0.3 is 0 Å². The van der Waals surface area contributed by atoms with Crippen LogP contribution in [-0.4, -0.2) is 10.2 Å². The molecule has 0 radical (unpaired) electrons. The maximum atomic E-state index is 14.0. The molecule has 2 nitrogen and oxygen atoms in total. The van der Waals surface area contributed by atoms with Crippen molar-refractivity contribution in [1.29, 1.82) is 0 Å². The van der Waals surface area contributed by atoms with Gasteiger partial charge in [0.05, 0.1) is 0 Å². The van der Waals surface area contributed by atoms with Crippen LogP contribution in [0.25, 0.3) is 66.8 Å². The standard InChI is InChI=1S/C76H54O2/c77-75(71(61-33-17-5-18-34-61)67(57-25-9-1-10-26-57)68(58-27-11-2-12-28-58)72(75)62-35-19-6-20-36-62)65-49-45-55(46-50-65)53-41-43-54(44-42-53)56-47-51-66(52-48-56)76(78)73(63-37-21-7-22-38-63)69(59-29-13-3-14-30-59)70(60-31-15-4-16-32-60)74(76)64-39-23-8-24-40-64/h1-52,77-78H. The van der Waals surface area contributed by atoms with Crippen molar-refractivity contribution in [3.63, 3.8) is 0 Å². The highest BCUT2D eigenvalue weighted by Crippen LogP contribution is 2.63. The average molecular weight is 999 g/mol. The molecule has 2 aliphatic carbocycles. The summed E-state index contributed by atoms with van der Waals surface area (Å²) in [4.78, 5) is 0. The first-order valence-electron chi connectivity index (χ1n) is 26.7. The molecule has 2 aliphatic rings. The molecule has 11 aromatic rings. The largest absolute Gasteiger partial charge is 0.376 e. The van der Waals surface area contributed by atoms with Gasteiger partial charge in [-0.15, -0.1) is 0 Å². The Morgan fingerprint density at radius 1 is 0.154 bits per heavy atom. The van der Waals surface area contributed by atoms with E-state index in [0.717, 1.165) is 122 Å². The summed E-state index contributed by atoms with van der Waals surface area (Å²) in [5.41, 5.74) is 18.1. The highest BCUT2D eigenvalue weighted by molar-refractivity contribution is 6.32. The van der Waals surface area contributed by atoms with Gasteiger partial charge in [-0.3, -0.25) is 0 Å². The number of allylic oxidation sites excluding steroid dienone is 4. The number of rotatable bonds is 12. The van der Waals surface area contributed by atoms with Gasteiger partial charge in [-0.1, -0.05) is 315 Å². The minimum Gasteiger partial charge on any atom is -0.376 e. The third kappa shape index (κ3) is 8.32. The Bertz CT molecular complexity index is 3570. The summed E-state index contributed by atoms with van der Waals surface area (Å²) in [5.74, 6) is 0. The molecule has 0 aromatic heterocycles. The average Bonchev–Trinajstić information content (AvgIpc) is 4.08. The summed E-state index contributed by atoms with van der Waals surface area (Å²) in [7, 11) is 0. The first-order valence-corrected chi connectivity index (χ1v) is 26.7. The van der Waals surface area contributed by atoms with Crippen molar-refractivity contribution in [2.24, 2.45) is 0 Å². The molecule has 0 unspecified atom stereocenters. The van der Waals surface area contributed by atoms with Crippen molar-refractivity contribution >= 4 is 44.6 Å². The normalized spacial score (nSPS) is 14.8. The fourth-order valence-corrected chi connectivity index (χ4v) is 12.1. The maximum Gasteiger partial charge on any atom is 0.142 e. The molecule has 370 valence electrons. The molecular weight excluding hydrogens is 945 g/mol. The summed E-state index contributed by atoms with van der Waals surface area (Å²) in [6, 6.07) is 109. The van der Waals surface area contributed by atoms with Crippen LogP contribution < -0.4 is 0 Å². The van der Waals surface area contributed by atoms with E-state index in [2.05, 4.69) is 267 Å². The fourth-order valence-electron chi connectivity index (χ4n) is 12.1. The molecule has 11 aromatic carbocycles. The van der Waals surface area contributed by atoms with Crippen molar-refractivity contribution in [3.05, 3.63) is 371 Å². The molecule has 78 heavy (non-hydrogen) atoms. The highest BCUT2D eigenvalue weighted by atomic mass is 16.3. The van der Waals surface area contributed by atoms with E-state index in [4.69, 9.17) is 0 Å². The van der Waals surface area contributed by atoms with Gasteiger partial charge in [-0.25, -0.2) is 0 Å². The Balaban J connectivity index is 0.893. The molecule has 0 spiro atoms. The molecule has 2 N–H and O–H groups in total. The van der Waals surface area contributed by atoms with Crippen LogP contribution in [-0.2, 0) is 11.2 Å². The highest BCUT2D eigenvalue weighted by Gasteiger charge is 2.50. The summed E-state index contributed by atoms with van der Waals surface area (Å²) in [6.45, 7) is 0. The van der Waals surface area contributed by atoms with E-state index < -0.39 is 11.2 Å². The zero-order chi connectivity index (χ0) is 52.5. The predicted molar refractivity (Wildman–Crippen MR) is 324 cm³/mol. The van der Waals surface area contributed by atoms with Gasteiger partial charge in [0.25, 0.3) is 0 Å². The molecule has 0 bridgehead atoms. The van der Waals surface area contributed by atoms with Crippen LogP contribution >= 0.6 is 0 Å². The van der Waals surface area contributed by atoms with Crippen LogP contribution in [0.15, 0.2) is 315 Å². The van der Waals surface area contributed by atoms with E-state index in [9.17, 15) is 10.2 Å². The van der Waals surface area contributed by atoms with Crippen LogP contribution in [0.1, 0.15) is 55.6 Å². The van der Waals surface area contributed by atoms with Crippen molar-refractivity contribution in [2.45, 2.75) is 11.2 Å². The van der Waals surface area contributed by atoms with E-state index in [0.29, 0.717) is 0 Å². The molecule has 0 saturated heterocycles. The van der Waals surface area contributed by atoms with Crippen molar-refractivity contribution < 1.29 is 10.2 Å². The Morgan fingerprint density at radius 3 is 0.487 bits per heavy atom. The molecular formula is C76H54O2. The number of hydrogen-bond acceptors (Lipinski definition) is 2. The van der Waals surface area contributed by atoms with Gasteiger partial charge in [0.15, 0.2) is 0 Å². The summed E-state index contributed by atoms with van der Waals surface area (Å²) >= 11 is 0. The van der Waals surface area contributed by atoms with Gasteiger partial charge in [-0.2, -0.15) is 0 Å². The maximum absolute atomic E-state index is 14.0. The lowest BCUT2D eigenvalue weighted by molar-refractivity contribution is 0.167. The summed E-state index contributed by atoms with van der Waals surface area (Å²) in [5, 5.41) is 28.0. The minimum absolute atomic E-state index is 0.784. The van der Waals surface area contributed by atoms with E-state index >= 15 is 0 Å². The third-order valence-electron chi connectivity index (χ3n) is 15.6. The first-order chi connectivity index (χ1) is 38.5. The lowest BCUT2D eigenvalue weighted by Gasteiger charge is -2.32. The van der Waals surface area contributed by atoms with Crippen LogP contribution in [0.2, 0.25) is 0 Å². The summed E-state index contributed by atoms with van der Waals surface area (Å²) < 4.78 is 0. The van der Waals surface area contributed by atoms with Gasteiger partial charge in [-0.05, 0) is 100 Å². The summed E-state index contributed by atoms with van der Waals surface area (Å²) in [6.07, 6.45) is 0. The second-order valence-corrected chi connectivity index (χ2v) is 20.1. The van der Waals surface area contributed by atoms with Crippen LogP contribution in [0.3, 0.4) is 0 Å². The first kappa shape index (κ1) is 48.0. The quantitative estimate of drug-likeness (QED) is 0.128. The lowest BCUT2D eigenvalue weighted by atomic mass is 9.76. The topological polar surface area (TPSA) is 40.5 Å². The Hall–Kier alpha value is -9.70. The fraction of sp³-hybridized carbons (Fsp3) is 0.0263. The molecule has 0 atom stereocenters. The van der Waals surface area contributed by atoms with Crippen LogP contribution in [0.5, 0.6) is 0 Å². The van der Waals surface area contributed by atoms with Crippen LogP contribution in [0.4, 0.5) is 0 Å². The number of aliphatic hydroxyl groups is 2. The Labute approximate surface area is 456 Å². The second-order valence-electron chi connectivity index (χ2n) is 20.1. The van der Waals surface area contributed by atoms with E-state index in [-0.39, 0.29) is 0 Å². The molecule has 0 saturated carbocycles. The van der Waals surface area contributed by atoms with Crippen LogP contribution in [0, 0.1) is 0 Å². The monoisotopic (exact) mass is 998 g/mol. The van der Waals surface area contributed by atoms with E-state index in [1.165, 1.54) is 0 Å². The molecule has 0 aliphatic heterocycles. The minimum atomic E-state index is -1.53. The van der Waals surface area contributed by atoms with Gasteiger partial charge in [0, 0.05) is 22.3 Å². The SMILES string of the molecule is OC1(c2ccc(-c3ccc(-c4ccc(C5(O)C(c6ccccc6)=C(c6ccccc6)C(c6ccccc6)=C5c5ccccc5)cc4)cc3)cc2)C(c2ccccc2)=C(c2ccccc2)C(c2ccccc2)=C1c1ccccc1. The molecule has 13 rings (SSSR count). The lowest BCUT2D eigenvalue weighted by Crippen LogP contribution is -2.27. The zero-order valence-corrected chi connectivity index (χ0v) is 42.9. The molecule has 0 heterocycles. The smallest absolute Gasteiger partial charge is 0.142 e. The van der Waals surface area contributed by atoms with Gasteiger partial charge < -0.3 is 10.2 Å². The zero-order valence-electron chi connectivity index (χ0n) is 42.9. The van der Waals surface area contributed by atoms with Crippen molar-refractivity contribution in [2.75, 3.05) is 0 Å². The number of hydrogen-bond donors (Lipinski definition) is 2. The van der Waals surface area contributed by atoms with Gasteiger partial charge in [0.2, 0.25) is 0 Å². The number of benzene rings is 11. The predicted octanol–water partition coefficient (Wildman–Crippen LogP) is 17.9. The van der Waals surface area contributed by atoms with Crippen molar-refractivity contribution in [3.8, 4) is 22.3 Å². The van der Waals surface area contributed by atoms with E-state index in [1.807, 2.05) is 48.5 Å².